The van der Waals surface area contributed by atoms with E-state index in [9.17, 15) is 18.0 Å². The first-order valence-corrected chi connectivity index (χ1v) is 8.52. The third-order valence-corrected chi connectivity index (χ3v) is 3.81. The van der Waals surface area contributed by atoms with Gasteiger partial charge in [-0.15, -0.1) is 0 Å². The van der Waals surface area contributed by atoms with Crippen molar-refractivity contribution in [3.8, 4) is 0 Å². The lowest BCUT2D eigenvalue weighted by Crippen LogP contribution is -2.34. The molecular weight excluding hydrogens is 375 g/mol. The molecule has 6 nitrogen and oxygen atoms in total. The first-order valence-electron chi connectivity index (χ1n) is 8.52. The molecule has 0 bridgehead atoms. The summed E-state index contributed by atoms with van der Waals surface area (Å²) in [5, 5.41) is 7.12. The number of aryl methyl sites for hydroxylation is 1. The van der Waals surface area contributed by atoms with Crippen LogP contribution in [-0.2, 0) is 4.79 Å². The van der Waals surface area contributed by atoms with E-state index in [2.05, 4.69) is 28.2 Å². The second-order valence-corrected chi connectivity index (χ2v) is 6.22. The first-order chi connectivity index (χ1) is 13.2. The number of nitrogens with zero attached hydrogens (tertiary/aromatic N) is 2. The van der Waals surface area contributed by atoms with Crippen LogP contribution in [0.25, 0.3) is 6.08 Å². The van der Waals surface area contributed by atoms with Crippen LogP contribution >= 0.6 is 0 Å². The molecule has 1 saturated carbocycles. The van der Waals surface area contributed by atoms with Gasteiger partial charge in [0.25, 0.3) is 5.91 Å². The fourth-order valence-corrected chi connectivity index (χ4v) is 2.31. The number of alkyl halides is 3. The molecule has 0 atom stereocenters. The van der Waals surface area contributed by atoms with Crippen molar-refractivity contribution in [2.75, 3.05) is 6.54 Å². The van der Waals surface area contributed by atoms with Crippen molar-refractivity contribution in [1.82, 2.24) is 14.9 Å². The smallest absolute Gasteiger partial charge is 0.475 e. The maximum atomic E-state index is 12.5. The topological polar surface area (TPSA) is 86.3 Å². The molecule has 1 heterocycles. The van der Waals surface area contributed by atoms with Gasteiger partial charge in [0, 0.05) is 24.5 Å². The number of carbonyl (C=O) groups is 2. The van der Waals surface area contributed by atoms with E-state index in [-0.39, 0.29) is 5.91 Å². The molecule has 3 rings (SSSR count). The maximum absolute atomic E-state index is 12.5. The molecule has 2 aromatic rings. The Morgan fingerprint density at radius 2 is 1.89 bits per heavy atom. The van der Waals surface area contributed by atoms with E-state index in [0.717, 1.165) is 24.1 Å². The van der Waals surface area contributed by atoms with Gasteiger partial charge in [0.05, 0.1) is 0 Å². The number of carboxylic acid groups (broad SMARTS) is 1. The highest BCUT2D eigenvalue weighted by Crippen LogP contribution is 2.27. The molecule has 1 aromatic carbocycles. The molecular formula is C19H20F3N3O3. The third-order valence-electron chi connectivity index (χ3n) is 3.81. The largest absolute Gasteiger partial charge is 0.490 e. The Morgan fingerprint density at radius 1 is 1.29 bits per heavy atom. The SMILES string of the molecule is Cc1cnc(C(=O)N(C/C=C/c2ccccc2)C2CC2)[nH]1.O=C(O)C(F)(F)F. The van der Waals surface area contributed by atoms with Crippen molar-refractivity contribution in [3.05, 3.63) is 59.7 Å². The summed E-state index contributed by atoms with van der Waals surface area (Å²) in [6.45, 7) is 2.53. The number of H-pyrrole nitrogens is 1. The number of amides is 1. The van der Waals surface area contributed by atoms with Crippen LogP contribution in [0.3, 0.4) is 0 Å². The molecule has 0 spiro atoms. The number of aromatic amines is 1. The van der Waals surface area contributed by atoms with Crippen LogP contribution in [-0.4, -0.2) is 50.6 Å². The molecule has 28 heavy (non-hydrogen) atoms. The number of rotatable bonds is 5. The van der Waals surface area contributed by atoms with Crippen molar-refractivity contribution in [2.24, 2.45) is 0 Å². The van der Waals surface area contributed by atoms with E-state index < -0.39 is 12.1 Å². The highest BCUT2D eigenvalue weighted by molar-refractivity contribution is 5.91. The summed E-state index contributed by atoms with van der Waals surface area (Å²) in [6, 6.07) is 10.5. The summed E-state index contributed by atoms with van der Waals surface area (Å²) in [6.07, 6.45) is 2.88. The fraction of sp³-hybridized carbons (Fsp3) is 0.316. The lowest BCUT2D eigenvalue weighted by Gasteiger charge is -2.19. The molecule has 2 N–H and O–H groups in total. The van der Waals surface area contributed by atoms with Crippen LogP contribution < -0.4 is 0 Å². The van der Waals surface area contributed by atoms with Gasteiger partial charge >= 0.3 is 12.1 Å². The third kappa shape index (κ3) is 6.57. The van der Waals surface area contributed by atoms with Crippen molar-refractivity contribution < 1.29 is 27.9 Å². The van der Waals surface area contributed by atoms with Gasteiger partial charge in [0.1, 0.15) is 0 Å². The molecule has 1 aromatic heterocycles. The average molecular weight is 395 g/mol. The zero-order chi connectivity index (χ0) is 20.7. The van der Waals surface area contributed by atoms with E-state index in [1.54, 1.807) is 6.20 Å². The summed E-state index contributed by atoms with van der Waals surface area (Å²) in [5.41, 5.74) is 2.06. The summed E-state index contributed by atoms with van der Waals surface area (Å²) < 4.78 is 31.7. The number of hydrogen-bond donors (Lipinski definition) is 2. The zero-order valence-electron chi connectivity index (χ0n) is 15.1. The molecule has 1 amide bonds. The van der Waals surface area contributed by atoms with E-state index >= 15 is 0 Å². The Balaban J connectivity index is 0.000000345. The van der Waals surface area contributed by atoms with Gasteiger partial charge in [-0.1, -0.05) is 42.5 Å². The number of aliphatic carboxylic acids is 1. The van der Waals surface area contributed by atoms with E-state index in [1.807, 2.05) is 36.1 Å². The van der Waals surface area contributed by atoms with Gasteiger partial charge in [-0.25, -0.2) is 9.78 Å². The number of aromatic nitrogens is 2. The van der Waals surface area contributed by atoms with E-state index in [0.29, 0.717) is 18.4 Å². The Bertz CT molecular complexity index is 828. The molecule has 1 fully saturated rings. The summed E-state index contributed by atoms with van der Waals surface area (Å²) in [7, 11) is 0. The number of carbonyl (C=O) groups excluding carboxylic acids is 1. The van der Waals surface area contributed by atoms with Crippen LogP contribution in [0.15, 0.2) is 42.6 Å². The number of nitrogens with one attached hydrogen (secondary N) is 1. The van der Waals surface area contributed by atoms with Crippen molar-refractivity contribution in [2.45, 2.75) is 32.0 Å². The molecule has 0 radical (unpaired) electrons. The van der Waals surface area contributed by atoms with Gasteiger partial charge < -0.3 is 15.0 Å². The fourth-order valence-electron chi connectivity index (χ4n) is 2.31. The first kappa shape index (κ1) is 21.2. The summed E-state index contributed by atoms with van der Waals surface area (Å²) >= 11 is 0. The molecule has 0 unspecified atom stereocenters. The molecule has 0 saturated heterocycles. The molecule has 0 aliphatic heterocycles. The van der Waals surface area contributed by atoms with Crippen LogP contribution in [0.4, 0.5) is 13.2 Å². The number of halogens is 3. The predicted octanol–water partition coefficient (Wildman–Crippen LogP) is 3.67. The van der Waals surface area contributed by atoms with Crippen molar-refractivity contribution >= 4 is 18.0 Å². The number of carboxylic acids is 1. The van der Waals surface area contributed by atoms with Gasteiger partial charge in [0.2, 0.25) is 0 Å². The van der Waals surface area contributed by atoms with Crippen LogP contribution in [0, 0.1) is 6.92 Å². The number of benzene rings is 1. The maximum Gasteiger partial charge on any atom is 0.490 e. The van der Waals surface area contributed by atoms with E-state index in [1.165, 1.54) is 0 Å². The lowest BCUT2D eigenvalue weighted by atomic mass is 10.2. The molecule has 9 heteroatoms. The molecule has 1 aliphatic rings. The van der Waals surface area contributed by atoms with Crippen LogP contribution in [0.2, 0.25) is 0 Å². The Morgan fingerprint density at radius 3 is 2.36 bits per heavy atom. The van der Waals surface area contributed by atoms with Crippen molar-refractivity contribution in [1.29, 1.82) is 0 Å². The molecule has 150 valence electrons. The normalized spacial score (nSPS) is 13.7. The quantitative estimate of drug-likeness (QED) is 0.809. The minimum absolute atomic E-state index is 0.0108. The highest BCUT2D eigenvalue weighted by Gasteiger charge is 2.38. The van der Waals surface area contributed by atoms with Gasteiger partial charge in [-0.2, -0.15) is 13.2 Å². The van der Waals surface area contributed by atoms with Gasteiger partial charge in [-0.3, -0.25) is 4.79 Å². The van der Waals surface area contributed by atoms with Crippen LogP contribution in [0.5, 0.6) is 0 Å². The highest BCUT2D eigenvalue weighted by atomic mass is 19.4. The number of hydrogen-bond acceptors (Lipinski definition) is 3. The van der Waals surface area contributed by atoms with Crippen LogP contribution in [0.1, 0.15) is 34.7 Å². The van der Waals surface area contributed by atoms with E-state index in [4.69, 9.17) is 9.90 Å². The summed E-state index contributed by atoms with van der Waals surface area (Å²) in [4.78, 5) is 30.4. The molecule has 1 aliphatic carbocycles. The second-order valence-electron chi connectivity index (χ2n) is 6.22. The zero-order valence-corrected chi connectivity index (χ0v) is 15.1. The number of imidazole rings is 1. The predicted molar refractivity (Wildman–Crippen MR) is 96.6 cm³/mol. The Hall–Kier alpha value is -3.10. The Kier molecular flexibility index (Phi) is 6.97. The van der Waals surface area contributed by atoms with Crippen molar-refractivity contribution in [3.63, 3.8) is 0 Å². The Labute approximate surface area is 159 Å². The van der Waals surface area contributed by atoms with Gasteiger partial charge in [0.15, 0.2) is 5.82 Å². The second kappa shape index (κ2) is 9.20. The lowest BCUT2D eigenvalue weighted by molar-refractivity contribution is -0.192. The monoisotopic (exact) mass is 395 g/mol. The standard InChI is InChI=1S/C17H19N3O.C2HF3O2/c1-13-12-18-16(19-13)17(21)20(15-9-10-15)11-5-8-14-6-3-2-4-7-14;3-2(4,5)1(6)7/h2-8,12,15H,9-11H2,1H3,(H,18,19);(H,6,7)/b8-5+;. The minimum Gasteiger partial charge on any atom is -0.475 e. The average Bonchev–Trinajstić information content (AvgIpc) is 3.39. The minimum atomic E-state index is -5.08. The van der Waals surface area contributed by atoms with Gasteiger partial charge in [-0.05, 0) is 25.3 Å². The summed E-state index contributed by atoms with van der Waals surface area (Å²) in [5.74, 6) is -2.33.